The van der Waals surface area contributed by atoms with Gasteiger partial charge in [-0.2, -0.15) is 7.20 Å². The predicted molar refractivity (Wildman–Crippen MR) is 104 cm³/mol. The molecule has 0 unspecified atom stereocenters. The van der Waals surface area contributed by atoms with Crippen LogP contribution in [-0.2, 0) is 0 Å². The molecule has 0 fully saturated rings. The quantitative estimate of drug-likeness (QED) is 0.209. The predicted octanol–water partition coefficient (Wildman–Crippen LogP) is 7.49. The van der Waals surface area contributed by atoms with Crippen LogP contribution >= 0.6 is 28.4 Å². The van der Waals surface area contributed by atoms with Crippen molar-refractivity contribution in [2.24, 2.45) is 0 Å². The van der Waals surface area contributed by atoms with Crippen LogP contribution in [0.3, 0.4) is 0 Å². The third-order valence-electron chi connectivity index (χ3n) is 3.84. The molecule has 2 heteroatoms. The number of halogens is 1. The van der Waals surface area contributed by atoms with Gasteiger partial charge in [0, 0.05) is 0 Å². The molecule has 0 aliphatic rings. The summed E-state index contributed by atoms with van der Waals surface area (Å²) in [5, 5.41) is 0. The van der Waals surface area contributed by atoms with Gasteiger partial charge in [0.2, 0.25) is 0 Å². The molecule has 0 N–H and O–H groups in total. The largest absolute Gasteiger partial charge is 0.187 e. The van der Waals surface area contributed by atoms with Crippen LogP contribution in [0.25, 0.3) is 0 Å². The van der Waals surface area contributed by atoms with Crippen LogP contribution in [0, 0.1) is 0 Å². The maximum Gasteiger partial charge on any atom is -0.0144 e. The third-order valence-corrected chi connectivity index (χ3v) is 10.9. The second kappa shape index (κ2) is 14.0. The lowest BCUT2D eigenvalue weighted by Gasteiger charge is -2.34. The van der Waals surface area contributed by atoms with Gasteiger partial charge in [0.05, 0.1) is 0 Å². The van der Waals surface area contributed by atoms with Gasteiger partial charge >= 0.3 is 0 Å². The fraction of sp³-hybridized carbons (Fsp3) is 1.00. The molecule has 0 rings (SSSR count). The molecule has 0 aromatic carbocycles. The molecule has 0 saturated heterocycles. The van der Waals surface area contributed by atoms with Gasteiger partial charge in [-0.05, 0) is 57.7 Å². The molecule has 0 aliphatic carbocycles. The van der Waals surface area contributed by atoms with Gasteiger partial charge in [0.15, 0.2) is 0 Å². The second-order valence-electron chi connectivity index (χ2n) is 5.88. The summed E-state index contributed by atoms with van der Waals surface area (Å²) >= 11 is 2.90. The summed E-state index contributed by atoms with van der Waals surface area (Å²) in [5.74, 6) is 4.63. The maximum absolute atomic E-state index is 2.90. The standard InChI is InChI=1S/C17H37IS/c1-4-7-10-11-14-17-19(18,15-12-8-5-2)16-13-9-6-3/h4-17H2,1-3H3. The van der Waals surface area contributed by atoms with Crippen molar-refractivity contribution in [1.29, 1.82) is 0 Å². The average molecular weight is 400 g/mol. The van der Waals surface area contributed by atoms with Gasteiger partial charge in [-0.3, -0.25) is 0 Å². The minimum Gasteiger partial charge on any atom is -0.187 e. The third kappa shape index (κ3) is 12.5. The fourth-order valence-electron chi connectivity index (χ4n) is 2.49. The topological polar surface area (TPSA) is 0 Å². The van der Waals surface area contributed by atoms with E-state index in [1.165, 1.54) is 70.6 Å². The number of hydrogen-bond donors (Lipinski definition) is 0. The Morgan fingerprint density at radius 3 is 1.26 bits per heavy atom. The van der Waals surface area contributed by atoms with Crippen LogP contribution in [0.1, 0.15) is 91.4 Å². The van der Waals surface area contributed by atoms with E-state index in [1.54, 1.807) is 17.3 Å². The zero-order valence-electron chi connectivity index (χ0n) is 13.7. The van der Waals surface area contributed by atoms with Crippen LogP contribution in [0.4, 0.5) is 0 Å². The van der Waals surface area contributed by atoms with Crippen molar-refractivity contribution < 1.29 is 0 Å². The fourth-order valence-corrected chi connectivity index (χ4v) is 8.07. The molecule has 0 spiro atoms. The van der Waals surface area contributed by atoms with Crippen LogP contribution in [0.5, 0.6) is 0 Å². The monoisotopic (exact) mass is 400 g/mol. The summed E-state index contributed by atoms with van der Waals surface area (Å²) < 4.78 is 0. The molecule has 0 atom stereocenters. The molecule has 0 saturated carbocycles. The Hall–Kier alpha value is 1.08. The van der Waals surface area contributed by atoms with E-state index < -0.39 is 0 Å². The molecule has 0 radical (unpaired) electrons. The lowest BCUT2D eigenvalue weighted by atomic mass is 10.2. The van der Waals surface area contributed by atoms with Gasteiger partial charge in [0.1, 0.15) is 0 Å². The summed E-state index contributed by atoms with van der Waals surface area (Å²) in [4.78, 5) is 0. The molecule has 0 aromatic heterocycles. The molecule has 0 amide bonds. The normalized spacial score (nSPS) is 12.8. The van der Waals surface area contributed by atoms with E-state index in [9.17, 15) is 0 Å². The van der Waals surface area contributed by atoms with Crippen LogP contribution in [0.15, 0.2) is 0 Å². The maximum atomic E-state index is 2.90. The van der Waals surface area contributed by atoms with Crippen molar-refractivity contribution in [3.63, 3.8) is 0 Å². The summed E-state index contributed by atoms with van der Waals surface area (Å²) in [7, 11) is -0.301. The molecule has 0 heterocycles. The second-order valence-corrected chi connectivity index (χ2v) is 14.6. The van der Waals surface area contributed by atoms with Gasteiger partial charge in [0.25, 0.3) is 0 Å². The molecule has 0 aromatic rings. The van der Waals surface area contributed by atoms with Crippen molar-refractivity contribution in [3.05, 3.63) is 0 Å². The molecule has 0 nitrogen and oxygen atoms in total. The highest BCUT2D eigenvalue weighted by Crippen LogP contribution is 2.58. The number of hydrogen-bond acceptors (Lipinski definition) is 0. The molecule has 0 aliphatic heterocycles. The highest BCUT2D eigenvalue weighted by molar-refractivity contribution is 14.2. The van der Waals surface area contributed by atoms with Crippen molar-refractivity contribution in [3.8, 4) is 0 Å². The molecule has 0 bridgehead atoms. The van der Waals surface area contributed by atoms with Crippen LogP contribution in [0.2, 0.25) is 0 Å². The lowest BCUT2D eigenvalue weighted by Crippen LogP contribution is -2.08. The first kappa shape index (κ1) is 20.1. The van der Waals surface area contributed by atoms with E-state index in [2.05, 4.69) is 42.0 Å². The van der Waals surface area contributed by atoms with Gasteiger partial charge < -0.3 is 0 Å². The highest BCUT2D eigenvalue weighted by Gasteiger charge is 2.18. The Kier molecular flexibility index (Phi) is 14.8. The van der Waals surface area contributed by atoms with Crippen LogP contribution < -0.4 is 0 Å². The van der Waals surface area contributed by atoms with Gasteiger partial charge in [-0.25, -0.2) is 0 Å². The first-order valence-electron chi connectivity index (χ1n) is 8.64. The molecular weight excluding hydrogens is 363 g/mol. The Balaban J connectivity index is 3.92. The van der Waals surface area contributed by atoms with E-state index >= 15 is 0 Å². The van der Waals surface area contributed by atoms with Crippen molar-refractivity contribution in [2.75, 3.05) is 17.3 Å². The Morgan fingerprint density at radius 2 is 0.842 bits per heavy atom. The zero-order valence-corrected chi connectivity index (χ0v) is 16.7. The highest BCUT2D eigenvalue weighted by atomic mass is 127. The minimum atomic E-state index is -0.301. The molecule has 19 heavy (non-hydrogen) atoms. The van der Waals surface area contributed by atoms with E-state index in [4.69, 9.17) is 0 Å². The van der Waals surface area contributed by atoms with Gasteiger partial charge in [-0.15, -0.1) is 0 Å². The smallest absolute Gasteiger partial charge is 0.0144 e. The summed E-state index contributed by atoms with van der Waals surface area (Å²) in [6.07, 6.45) is 15.9. The Morgan fingerprint density at radius 1 is 0.526 bits per heavy atom. The first-order valence-corrected chi connectivity index (χ1v) is 13.3. The summed E-state index contributed by atoms with van der Waals surface area (Å²) in [6, 6.07) is 0. The van der Waals surface area contributed by atoms with Gasteiger partial charge in [-0.1, -0.05) is 72.1 Å². The van der Waals surface area contributed by atoms with E-state index in [-0.39, 0.29) is 7.20 Å². The summed E-state index contributed by atoms with van der Waals surface area (Å²) in [5.41, 5.74) is 0. The Bertz CT molecular complexity index is 172. The average Bonchev–Trinajstić information content (AvgIpc) is 2.39. The number of unbranched alkanes of at least 4 members (excludes halogenated alkanes) is 8. The van der Waals surface area contributed by atoms with Crippen molar-refractivity contribution >= 4 is 28.4 Å². The minimum absolute atomic E-state index is 0.301. The van der Waals surface area contributed by atoms with Crippen LogP contribution in [-0.4, -0.2) is 17.3 Å². The first-order chi connectivity index (χ1) is 9.18. The number of rotatable bonds is 14. The van der Waals surface area contributed by atoms with Crippen molar-refractivity contribution in [2.45, 2.75) is 91.4 Å². The zero-order chi connectivity index (χ0) is 14.4. The lowest BCUT2D eigenvalue weighted by molar-refractivity contribution is 0.658. The molecular formula is C17H37IS. The van der Waals surface area contributed by atoms with E-state index in [1.807, 2.05) is 0 Å². The SMILES string of the molecule is CCCCCCCS(I)(CCCCC)CCCCC. The van der Waals surface area contributed by atoms with Crippen molar-refractivity contribution in [1.82, 2.24) is 0 Å². The summed E-state index contributed by atoms with van der Waals surface area (Å²) in [6.45, 7) is 6.96. The Labute approximate surface area is 136 Å². The molecule has 118 valence electrons. The van der Waals surface area contributed by atoms with E-state index in [0.717, 1.165) is 0 Å². The van der Waals surface area contributed by atoms with E-state index in [0.29, 0.717) is 0 Å².